The molecule has 30 heavy (non-hydrogen) atoms. The van der Waals surface area contributed by atoms with Gasteiger partial charge in [0, 0.05) is 18.2 Å². The highest BCUT2D eigenvalue weighted by Crippen LogP contribution is 2.31. The van der Waals surface area contributed by atoms with E-state index in [0.717, 1.165) is 29.5 Å². The summed E-state index contributed by atoms with van der Waals surface area (Å²) < 4.78 is 43.7. The van der Waals surface area contributed by atoms with E-state index in [1.165, 1.54) is 6.08 Å². The van der Waals surface area contributed by atoms with Gasteiger partial charge in [0.15, 0.2) is 0 Å². The van der Waals surface area contributed by atoms with E-state index in [0.29, 0.717) is 11.3 Å². The number of nitrogens with two attached hydrogens (primary N) is 1. The lowest BCUT2D eigenvalue weighted by molar-refractivity contribution is 0.553. The first kappa shape index (κ1) is 22.4. The minimum absolute atomic E-state index is 0. The van der Waals surface area contributed by atoms with Gasteiger partial charge in [0.2, 0.25) is 10.0 Å². The van der Waals surface area contributed by atoms with E-state index in [1.807, 2.05) is 31.2 Å². The largest absolute Gasteiger partial charge is 0.327 e. The Labute approximate surface area is 181 Å². The first-order valence-corrected chi connectivity index (χ1v) is 11.0. The molecule has 0 aliphatic heterocycles. The number of allylic oxidation sites excluding steroid dienone is 1. The average molecular weight is 451 g/mol. The first-order chi connectivity index (χ1) is 13.9. The Hall–Kier alpha value is -2.26. The molecule has 0 unspecified atom stereocenters. The number of nitrogens with one attached hydrogen (secondary N) is 1. The molecule has 1 fully saturated rings. The van der Waals surface area contributed by atoms with Crippen molar-refractivity contribution in [2.24, 2.45) is 5.73 Å². The molecule has 6 nitrogen and oxygen atoms in total. The zero-order chi connectivity index (χ0) is 20.6. The molecular formula is C21H24ClFN4O2S. The summed E-state index contributed by atoms with van der Waals surface area (Å²) in [6.07, 6.45) is 3.10. The van der Waals surface area contributed by atoms with Crippen molar-refractivity contribution in [2.45, 2.75) is 37.2 Å². The van der Waals surface area contributed by atoms with Crippen LogP contribution in [0, 0.1) is 6.92 Å². The fourth-order valence-corrected chi connectivity index (χ4v) is 4.71. The predicted octanol–water partition coefficient (Wildman–Crippen LogP) is 3.69. The lowest BCUT2D eigenvalue weighted by Crippen LogP contribution is -2.25. The van der Waals surface area contributed by atoms with Gasteiger partial charge in [-0.1, -0.05) is 24.3 Å². The third-order valence-electron chi connectivity index (χ3n) is 4.97. The molecule has 1 saturated carbocycles. The van der Waals surface area contributed by atoms with Crippen LogP contribution in [0.15, 0.2) is 59.3 Å². The molecule has 3 N–H and O–H groups in total. The minimum Gasteiger partial charge on any atom is -0.327 e. The quantitative estimate of drug-likeness (QED) is 0.574. The normalized spacial score (nSPS) is 14.7. The SMILES string of the molecule is Cc1nc2c(-c3cccc(S(=O)(=O)NC4CC4)c3)cccc2n1C/C(F)=C/CN.Cl. The Morgan fingerprint density at radius 1 is 1.30 bits per heavy atom. The number of aryl methyl sites for hydroxylation is 1. The van der Waals surface area contributed by atoms with E-state index in [1.54, 1.807) is 22.8 Å². The molecule has 0 bridgehead atoms. The summed E-state index contributed by atoms with van der Waals surface area (Å²) in [7, 11) is -3.55. The fourth-order valence-electron chi connectivity index (χ4n) is 3.36. The lowest BCUT2D eigenvalue weighted by atomic mass is 10.0. The molecule has 0 atom stereocenters. The van der Waals surface area contributed by atoms with Crippen molar-refractivity contribution in [3.63, 3.8) is 0 Å². The first-order valence-electron chi connectivity index (χ1n) is 9.52. The van der Waals surface area contributed by atoms with Gasteiger partial charge in [-0.25, -0.2) is 22.5 Å². The Morgan fingerprint density at radius 3 is 2.73 bits per heavy atom. The maximum Gasteiger partial charge on any atom is 0.240 e. The number of imidazole rings is 1. The van der Waals surface area contributed by atoms with Crippen molar-refractivity contribution in [1.82, 2.24) is 14.3 Å². The van der Waals surface area contributed by atoms with Crippen LogP contribution in [0.3, 0.4) is 0 Å². The molecule has 1 aliphatic rings. The van der Waals surface area contributed by atoms with Gasteiger partial charge in [-0.05, 0) is 49.6 Å². The number of para-hydroxylation sites is 1. The maximum atomic E-state index is 14.1. The van der Waals surface area contributed by atoms with E-state index in [2.05, 4.69) is 9.71 Å². The molecule has 1 aliphatic carbocycles. The summed E-state index contributed by atoms with van der Waals surface area (Å²) >= 11 is 0. The summed E-state index contributed by atoms with van der Waals surface area (Å²) in [5, 5.41) is 0. The smallest absolute Gasteiger partial charge is 0.240 e. The fraction of sp³-hybridized carbons (Fsp3) is 0.286. The number of hydrogen-bond donors (Lipinski definition) is 2. The van der Waals surface area contributed by atoms with E-state index in [4.69, 9.17) is 5.73 Å². The second kappa shape index (κ2) is 8.85. The van der Waals surface area contributed by atoms with Gasteiger partial charge in [-0.15, -0.1) is 12.4 Å². The molecule has 1 aromatic heterocycles. The van der Waals surface area contributed by atoms with E-state index in [-0.39, 0.29) is 42.3 Å². The van der Waals surface area contributed by atoms with Crippen molar-refractivity contribution >= 4 is 33.5 Å². The van der Waals surface area contributed by atoms with Gasteiger partial charge >= 0.3 is 0 Å². The van der Waals surface area contributed by atoms with E-state index >= 15 is 0 Å². The Kier molecular flexibility index (Phi) is 6.62. The van der Waals surface area contributed by atoms with Crippen molar-refractivity contribution in [2.75, 3.05) is 6.54 Å². The van der Waals surface area contributed by atoms with Crippen LogP contribution in [-0.4, -0.2) is 30.6 Å². The summed E-state index contributed by atoms with van der Waals surface area (Å²) in [6.45, 7) is 2.02. The van der Waals surface area contributed by atoms with E-state index in [9.17, 15) is 12.8 Å². The number of hydrogen-bond acceptors (Lipinski definition) is 4. The highest BCUT2D eigenvalue weighted by Gasteiger charge is 2.28. The summed E-state index contributed by atoms with van der Waals surface area (Å²) in [6, 6.07) is 12.5. The van der Waals surface area contributed by atoms with Crippen molar-refractivity contribution in [3.05, 3.63) is 60.2 Å². The van der Waals surface area contributed by atoms with Gasteiger partial charge in [0.05, 0.1) is 22.5 Å². The molecule has 0 saturated heterocycles. The summed E-state index contributed by atoms with van der Waals surface area (Å²) in [4.78, 5) is 4.85. The van der Waals surface area contributed by atoms with Crippen LogP contribution in [0.5, 0.6) is 0 Å². The average Bonchev–Trinajstić information content (AvgIpc) is 3.44. The molecule has 0 amide bonds. The van der Waals surface area contributed by atoms with Crippen LogP contribution in [-0.2, 0) is 16.6 Å². The van der Waals surface area contributed by atoms with Gasteiger partial charge in [-0.2, -0.15) is 0 Å². The molecule has 9 heteroatoms. The number of rotatable bonds is 7. The van der Waals surface area contributed by atoms with Gasteiger partial charge in [-0.3, -0.25) is 0 Å². The second-order valence-corrected chi connectivity index (χ2v) is 8.94. The van der Waals surface area contributed by atoms with Crippen molar-refractivity contribution < 1.29 is 12.8 Å². The molecule has 0 spiro atoms. The molecule has 0 radical (unpaired) electrons. The number of benzene rings is 2. The van der Waals surface area contributed by atoms with E-state index < -0.39 is 10.0 Å². The van der Waals surface area contributed by atoms with Crippen LogP contribution in [0.4, 0.5) is 4.39 Å². The monoisotopic (exact) mass is 450 g/mol. The Balaban J connectivity index is 0.00000256. The molecule has 3 aromatic rings. The Bertz CT molecular complexity index is 1200. The summed E-state index contributed by atoms with van der Waals surface area (Å²) in [5.41, 5.74) is 8.43. The predicted molar refractivity (Wildman–Crippen MR) is 119 cm³/mol. The second-order valence-electron chi connectivity index (χ2n) is 7.23. The van der Waals surface area contributed by atoms with Crippen molar-refractivity contribution in [3.8, 4) is 11.1 Å². The highest BCUT2D eigenvalue weighted by atomic mass is 35.5. The summed E-state index contributed by atoms with van der Waals surface area (Å²) in [5.74, 6) is 0.353. The standard InChI is InChI=1S/C21H23FN4O2S.ClH/c1-14-24-21-19(6-3-7-20(21)26(14)13-16(22)10-11-23)15-4-2-5-18(12-15)29(27,28)25-17-8-9-17;/h2-7,10,12,17,25H,8-9,11,13,23H2,1H3;1H/b16-10-;. The zero-order valence-electron chi connectivity index (χ0n) is 16.5. The number of fused-ring (bicyclic) bond motifs is 1. The van der Waals surface area contributed by atoms with Crippen LogP contribution in [0.2, 0.25) is 0 Å². The van der Waals surface area contributed by atoms with Crippen LogP contribution < -0.4 is 10.5 Å². The molecule has 2 aromatic carbocycles. The van der Waals surface area contributed by atoms with Crippen LogP contribution >= 0.6 is 12.4 Å². The molecular weight excluding hydrogens is 427 g/mol. The lowest BCUT2D eigenvalue weighted by Gasteiger charge is -2.09. The Morgan fingerprint density at radius 2 is 2.03 bits per heavy atom. The molecule has 160 valence electrons. The zero-order valence-corrected chi connectivity index (χ0v) is 18.1. The van der Waals surface area contributed by atoms with Gasteiger partial charge < -0.3 is 10.3 Å². The van der Waals surface area contributed by atoms with Crippen LogP contribution in [0.25, 0.3) is 22.2 Å². The third kappa shape index (κ3) is 4.57. The molecule has 4 rings (SSSR count). The number of nitrogens with zero attached hydrogens (tertiary/aromatic N) is 2. The topological polar surface area (TPSA) is 90.0 Å². The maximum absolute atomic E-state index is 14.1. The highest BCUT2D eigenvalue weighted by molar-refractivity contribution is 7.89. The molecule has 1 heterocycles. The number of halogens is 2. The number of sulfonamides is 1. The van der Waals surface area contributed by atoms with Gasteiger partial charge in [0.25, 0.3) is 0 Å². The van der Waals surface area contributed by atoms with Gasteiger partial charge in [0.1, 0.15) is 11.7 Å². The van der Waals surface area contributed by atoms with Crippen molar-refractivity contribution in [1.29, 1.82) is 0 Å². The minimum atomic E-state index is -3.55. The number of aromatic nitrogens is 2. The van der Waals surface area contributed by atoms with Crippen LogP contribution in [0.1, 0.15) is 18.7 Å². The third-order valence-corrected chi connectivity index (χ3v) is 6.49.